The van der Waals surface area contributed by atoms with Crippen molar-refractivity contribution in [1.82, 2.24) is 10.2 Å². The average Bonchev–Trinajstić information content (AvgIpc) is 2.50. The Kier molecular flexibility index (Phi) is 6.04. The van der Waals surface area contributed by atoms with E-state index in [2.05, 4.69) is 23.2 Å². The molecule has 0 spiro atoms. The van der Waals surface area contributed by atoms with Crippen molar-refractivity contribution in [1.29, 1.82) is 5.26 Å². The minimum Gasteiger partial charge on any atom is -0.311 e. The van der Waals surface area contributed by atoms with Crippen molar-refractivity contribution in [2.24, 2.45) is 0 Å². The van der Waals surface area contributed by atoms with Gasteiger partial charge in [-0.25, -0.2) is 0 Å². The normalized spacial score (nSPS) is 19.2. The third-order valence-electron chi connectivity index (χ3n) is 4.01. The number of nitriles is 1. The van der Waals surface area contributed by atoms with Crippen molar-refractivity contribution in [2.75, 3.05) is 26.2 Å². The first kappa shape index (κ1) is 15.0. The van der Waals surface area contributed by atoms with Gasteiger partial charge in [-0.3, -0.25) is 0 Å². The van der Waals surface area contributed by atoms with Crippen LogP contribution in [0.3, 0.4) is 0 Å². The number of piperidine rings is 1. The van der Waals surface area contributed by atoms with E-state index in [9.17, 15) is 5.26 Å². The largest absolute Gasteiger partial charge is 0.311 e. The third kappa shape index (κ3) is 4.63. The summed E-state index contributed by atoms with van der Waals surface area (Å²) in [6.45, 7) is 6.50. The topological polar surface area (TPSA) is 39.1 Å². The highest BCUT2D eigenvalue weighted by Gasteiger charge is 2.15. The summed E-state index contributed by atoms with van der Waals surface area (Å²) in [5.74, 6) is -0.0556. The maximum Gasteiger partial charge on any atom is 0.0837 e. The van der Waals surface area contributed by atoms with Gasteiger partial charge < -0.3 is 10.2 Å². The van der Waals surface area contributed by atoms with E-state index in [1.165, 1.54) is 32.4 Å². The van der Waals surface area contributed by atoms with E-state index in [1.807, 2.05) is 30.3 Å². The second kappa shape index (κ2) is 8.04. The molecule has 0 saturated carbocycles. The predicted molar refractivity (Wildman–Crippen MR) is 82.6 cm³/mol. The van der Waals surface area contributed by atoms with Crippen LogP contribution < -0.4 is 5.32 Å². The van der Waals surface area contributed by atoms with Crippen LogP contribution in [-0.2, 0) is 0 Å². The van der Waals surface area contributed by atoms with Crippen molar-refractivity contribution in [3.8, 4) is 6.07 Å². The summed E-state index contributed by atoms with van der Waals surface area (Å²) < 4.78 is 0. The van der Waals surface area contributed by atoms with E-state index >= 15 is 0 Å². The van der Waals surface area contributed by atoms with Gasteiger partial charge in [0.05, 0.1) is 12.0 Å². The Morgan fingerprint density at radius 1 is 1.20 bits per heavy atom. The SMILES string of the molecule is CC(CN1CCCCC1)NCC(C#N)c1ccccc1. The number of hydrogen-bond acceptors (Lipinski definition) is 3. The Balaban J connectivity index is 1.76. The fraction of sp³-hybridized carbons (Fsp3) is 0.588. The molecule has 2 rings (SSSR count). The van der Waals surface area contributed by atoms with Crippen LogP contribution in [0, 0.1) is 11.3 Å². The van der Waals surface area contributed by atoms with Crippen molar-refractivity contribution < 1.29 is 0 Å². The quantitative estimate of drug-likeness (QED) is 0.864. The zero-order valence-corrected chi connectivity index (χ0v) is 12.4. The van der Waals surface area contributed by atoms with Crippen LogP contribution in [0.2, 0.25) is 0 Å². The summed E-state index contributed by atoms with van der Waals surface area (Å²) in [7, 11) is 0. The summed E-state index contributed by atoms with van der Waals surface area (Å²) in [6.07, 6.45) is 4.04. The zero-order chi connectivity index (χ0) is 14.2. The van der Waals surface area contributed by atoms with Crippen molar-refractivity contribution >= 4 is 0 Å². The maximum atomic E-state index is 9.31. The lowest BCUT2D eigenvalue weighted by molar-refractivity contribution is 0.209. The molecule has 0 amide bonds. The first-order valence-electron chi connectivity index (χ1n) is 7.70. The molecule has 2 atom stereocenters. The molecule has 20 heavy (non-hydrogen) atoms. The van der Waals surface area contributed by atoms with E-state index in [4.69, 9.17) is 0 Å². The van der Waals surface area contributed by atoms with Gasteiger partial charge in [-0.05, 0) is 38.4 Å². The Morgan fingerprint density at radius 3 is 2.55 bits per heavy atom. The summed E-state index contributed by atoms with van der Waals surface area (Å²) in [4.78, 5) is 2.53. The first-order chi connectivity index (χ1) is 9.79. The van der Waals surface area contributed by atoms with Gasteiger partial charge in [-0.2, -0.15) is 5.26 Å². The van der Waals surface area contributed by atoms with Crippen LogP contribution in [0.4, 0.5) is 0 Å². The number of rotatable bonds is 6. The minimum absolute atomic E-state index is 0.0556. The monoisotopic (exact) mass is 271 g/mol. The molecule has 0 bridgehead atoms. The van der Waals surface area contributed by atoms with Crippen molar-refractivity contribution in [2.45, 2.75) is 38.1 Å². The molecule has 0 aromatic heterocycles. The van der Waals surface area contributed by atoms with Crippen molar-refractivity contribution in [3.05, 3.63) is 35.9 Å². The molecule has 1 saturated heterocycles. The second-order valence-electron chi connectivity index (χ2n) is 5.76. The Morgan fingerprint density at radius 2 is 1.90 bits per heavy atom. The fourth-order valence-corrected chi connectivity index (χ4v) is 2.84. The number of nitrogens with one attached hydrogen (secondary N) is 1. The molecule has 2 unspecified atom stereocenters. The molecule has 1 aromatic rings. The molecular weight excluding hydrogens is 246 g/mol. The zero-order valence-electron chi connectivity index (χ0n) is 12.4. The van der Waals surface area contributed by atoms with Crippen LogP contribution in [0.15, 0.2) is 30.3 Å². The molecular formula is C17H25N3. The Bertz CT molecular complexity index is 418. The van der Waals surface area contributed by atoms with Gasteiger partial charge in [0.15, 0.2) is 0 Å². The summed E-state index contributed by atoms with van der Waals surface area (Å²) in [6, 6.07) is 12.9. The van der Waals surface area contributed by atoms with E-state index in [0.29, 0.717) is 6.04 Å². The first-order valence-corrected chi connectivity index (χ1v) is 7.70. The third-order valence-corrected chi connectivity index (χ3v) is 4.01. The molecule has 1 heterocycles. The molecule has 3 nitrogen and oxygen atoms in total. The highest BCUT2D eigenvalue weighted by molar-refractivity contribution is 5.25. The molecule has 0 radical (unpaired) electrons. The number of hydrogen-bond donors (Lipinski definition) is 1. The highest BCUT2D eigenvalue weighted by Crippen LogP contribution is 2.14. The van der Waals surface area contributed by atoms with Crippen LogP contribution in [-0.4, -0.2) is 37.1 Å². The van der Waals surface area contributed by atoms with Gasteiger partial charge in [-0.1, -0.05) is 36.8 Å². The lowest BCUT2D eigenvalue weighted by atomic mass is 10.0. The molecule has 1 fully saturated rings. The van der Waals surface area contributed by atoms with Gasteiger partial charge in [0.25, 0.3) is 0 Å². The maximum absolute atomic E-state index is 9.31. The van der Waals surface area contributed by atoms with Crippen molar-refractivity contribution in [3.63, 3.8) is 0 Å². The van der Waals surface area contributed by atoms with Gasteiger partial charge >= 0.3 is 0 Å². The molecule has 1 N–H and O–H groups in total. The van der Waals surface area contributed by atoms with E-state index in [-0.39, 0.29) is 5.92 Å². The van der Waals surface area contributed by atoms with Crippen LogP contribution in [0.25, 0.3) is 0 Å². The molecule has 1 aliphatic heterocycles. The standard InChI is InChI=1S/C17H25N3/c1-15(14-20-10-6-3-7-11-20)19-13-17(12-18)16-8-4-2-5-9-16/h2,4-5,8-9,15,17,19H,3,6-7,10-11,13-14H2,1H3. The van der Waals surface area contributed by atoms with E-state index in [0.717, 1.165) is 18.7 Å². The molecule has 3 heteroatoms. The predicted octanol–water partition coefficient (Wildman–Crippen LogP) is 2.76. The van der Waals surface area contributed by atoms with Gasteiger partial charge in [0.1, 0.15) is 0 Å². The Labute approximate surface area is 122 Å². The van der Waals surface area contributed by atoms with E-state index in [1.54, 1.807) is 0 Å². The van der Waals surface area contributed by atoms with Crippen LogP contribution in [0.1, 0.15) is 37.7 Å². The highest BCUT2D eigenvalue weighted by atomic mass is 15.1. The summed E-state index contributed by atoms with van der Waals surface area (Å²) in [5.41, 5.74) is 1.10. The van der Waals surface area contributed by atoms with Gasteiger partial charge in [-0.15, -0.1) is 0 Å². The second-order valence-corrected chi connectivity index (χ2v) is 5.76. The lowest BCUT2D eigenvalue weighted by Crippen LogP contribution is -2.42. The summed E-state index contributed by atoms with van der Waals surface area (Å²) in [5, 5.41) is 12.8. The smallest absolute Gasteiger partial charge is 0.0837 e. The van der Waals surface area contributed by atoms with Gasteiger partial charge in [0, 0.05) is 19.1 Å². The van der Waals surface area contributed by atoms with Crippen LogP contribution in [0.5, 0.6) is 0 Å². The average molecular weight is 271 g/mol. The molecule has 1 aliphatic rings. The number of nitrogens with zero attached hydrogens (tertiary/aromatic N) is 2. The minimum atomic E-state index is -0.0556. The fourth-order valence-electron chi connectivity index (χ4n) is 2.84. The molecule has 0 aliphatic carbocycles. The van der Waals surface area contributed by atoms with Gasteiger partial charge in [0.2, 0.25) is 0 Å². The van der Waals surface area contributed by atoms with Crippen LogP contribution >= 0.6 is 0 Å². The molecule has 108 valence electrons. The number of likely N-dealkylation sites (tertiary alicyclic amines) is 1. The lowest BCUT2D eigenvalue weighted by Gasteiger charge is -2.29. The van der Waals surface area contributed by atoms with E-state index < -0.39 is 0 Å². The Hall–Kier alpha value is -1.37. The molecule has 1 aromatic carbocycles. The summed E-state index contributed by atoms with van der Waals surface area (Å²) >= 11 is 0. The number of benzene rings is 1.